The van der Waals surface area contributed by atoms with Crippen molar-refractivity contribution in [2.45, 2.75) is 69.6 Å². The van der Waals surface area contributed by atoms with Gasteiger partial charge in [-0.15, -0.1) is 0 Å². The zero-order valence-corrected chi connectivity index (χ0v) is 19.5. The second kappa shape index (κ2) is 10.00. The van der Waals surface area contributed by atoms with Gasteiger partial charge in [0.05, 0.1) is 11.9 Å². The Balaban J connectivity index is 1.09. The summed E-state index contributed by atoms with van der Waals surface area (Å²) in [7, 11) is 2.29. The van der Waals surface area contributed by atoms with Crippen molar-refractivity contribution in [3.8, 4) is 5.88 Å². The van der Waals surface area contributed by atoms with Crippen LogP contribution in [0.4, 0.5) is 21.9 Å². The first-order valence-corrected chi connectivity index (χ1v) is 12.4. The van der Waals surface area contributed by atoms with Crippen molar-refractivity contribution in [2.24, 2.45) is 0 Å². The van der Waals surface area contributed by atoms with Crippen LogP contribution in [-0.2, 0) is 0 Å². The van der Waals surface area contributed by atoms with Gasteiger partial charge in [0, 0.05) is 42.6 Å². The predicted octanol–water partition coefficient (Wildman–Crippen LogP) is 5.11. The third-order valence-electron chi connectivity index (χ3n) is 7.46. The molecular formula is C26H35N5O2. The van der Waals surface area contributed by atoms with Gasteiger partial charge in [0.25, 0.3) is 0 Å². The van der Waals surface area contributed by atoms with Crippen LogP contribution in [0.3, 0.4) is 0 Å². The van der Waals surface area contributed by atoms with E-state index < -0.39 is 0 Å². The van der Waals surface area contributed by atoms with Gasteiger partial charge in [0.1, 0.15) is 6.10 Å². The van der Waals surface area contributed by atoms with Crippen LogP contribution in [0.5, 0.6) is 5.88 Å². The average Bonchev–Trinajstić information content (AvgIpc) is 3.47. The molecule has 1 aromatic heterocycles. The molecular weight excluding hydrogens is 414 g/mol. The number of carbonyl (C=O) groups excluding carboxylic acids is 1. The molecule has 5 rings (SSSR count). The first-order valence-electron chi connectivity index (χ1n) is 12.4. The minimum absolute atomic E-state index is 0.276. The number of carbonyl (C=O) groups is 1. The maximum atomic E-state index is 12.4. The number of rotatable bonds is 7. The molecule has 2 aliphatic carbocycles. The number of ether oxygens (including phenoxy) is 1. The van der Waals surface area contributed by atoms with Crippen molar-refractivity contribution in [1.82, 2.24) is 9.88 Å². The Morgan fingerprint density at radius 1 is 0.939 bits per heavy atom. The van der Waals surface area contributed by atoms with Crippen molar-refractivity contribution >= 4 is 23.1 Å². The molecule has 2 aromatic rings. The zero-order valence-electron chi connectivity index (χ0n) is 19.5. The molecule has 0 radical (unpaired) electrons. The van der Waals surface area contributed by atoms with Crippen LogP contribution in [0.2, 0.25) is 0 Å². The number of hydrogen-bond acceptors (Lipinski definition) is 5. The molecule has 176 valence electrons. The van der Waals surface area contributed by atoms with Gasteiger partial charge >= 0.3 is 6.03 Å². The van der Waals surface area contributed by atoms with Gasteiger partial charge in [-0.25, -0.2) is 9.78 Å². The molecule has 2 N–H and O–H groups in total. The van der Waals surface area contributed by atoms with E-state index in [1.807, 2.05) is 24.3 Å². The van der Waals surface area contributed by atoms with Gasteiger partial charge < -0.3 is 20.3 Å². The summed E-state index contributed by atoms with van der Waals surface area (Å²) in [6, 6.07) is 12.9. The van der Waals surface area contributed by atoms with Gasteiger partial charge in [-0.3, -0.25) is 4.90 Å². The van der Waals surface area contributed by atoms with E-state index in [1.54, 1.807) is 6.20 Å². The fraction of sp³-hybridized carbons (Fsp3) is 0.538. The van der Waals surface area contributed by atoms with Crippen LogP contribution in [0.25, 0.3) is 0 Å². The summed E-state index contributed by atoms with van der Waals surface area (Å²) in [4.78, 5) is 21.8. The number of pyridine rings is 1. The molecule has 0 bridgehead atoms. The minimum atomic E-state index is -0.280. The molecule has 7 heteroatoms. The third kappa shape index (κ3) is 5.41. The van der Waals surface area contributed by atoms with E-state index in [2.05, 4.69) is 44.6 Å². The molecule has 0 spiro atoms. The van der Waals surface area contributed by atoms with Gasteiger partial charge in [0.2, 0.25) is 5.88 Å². The van der Waals surface area contributed by atoms with Crippen LogP contribution in [0.15, 0.2) is 42.6 Å². The molecule has 3 fully saturated rings. The smallest absolute Gasteiger partial charge is 0.323 e. The second-order valence-electron chi connectivity index (χ2n) is 9.67. The van der Waals surface area contributed by atoms with Crippen LogP contribution < -0.4 is 20.3 Å². The maximum Gasteiger partial charge on any atom is 0.323 e. The summed E-state index contributed by atoms with van der Waals surface area (Å²) < 4.78 is 5.88. The molecule has 2 amide bonds. The molecule has 1 saturated heterocycles. The van der Waals surface area contributed by atoms with Crippen molar-refractivity contribution in [3.05, 3.63) is 42.6 Å². The Kier molecular flexibility index (Phi) is 6.67. The Morgan fingerprint density at radius 3 is 2.33 bits per heavy atom. The first kappa shape index (κ1) is 22.0. The highest BCUT2D eigenvalue weighted by Crippen LogP contribution is 2.30. The highest BCUT2D eigenvalue weighted by molar-refractivity contribution is 5.99. The lowest BCUT2D eigenvalue weighted by Gasteiger charge is -2.38. The van der Waals surface area contributed by atoms with Crippen molar-refractivity contribution < 1.29 is 9.53 Å². The summed E-state index contributed by atoms with van der Waals surface area (Å²) >= 11 is 0. The van der Waals surface area contributed by atoms with E-state index in [4.69, 9.17) is 4.74 Å². The van der Waals surface area contributed by atoms with Crippen LogP contribution in [-0.4, -0.2) is 54.2 Å². The molecule has 33 heavy (non-hydrogen) atoms. The Morgan fingerprint density at radius 2 is 1.67 bits per heavy atom. The second-order valence-corrected chi connectivity index (χ2v) is 9.67. The first-order chi connectivity index (χ1) is 16.1. The highest BCUT2D eigenvalue weighted by atomic mass is 16.5. The number of hydrogen-bond donors (Lipinski definition) is 2. The van der Waals surface area contributed by atoms with Crippen molar-refractivity contribution in [3.63, 3.8) is 0 Å². The number of benzene rings is 1. The molecule has 1 atom stereocenters. The van der Waals surface area contributed by atoms with Crippen LogP contribution in [0.1, 0.15) is 51.4 Å². The zero-order chi connectivity index (χ0) is 22.6. The Hall–Kier alpha value is -2.80. The maximum absolute atomic E-state index is 12.4. The fourth-order valence-electron chi connectivity index (χ4n) is 5.15. The molecule has 7 nitrogen and oxygen atoms in total. The molecule has 2 saturated carbocycles. The summed E-state index contributed by atoms with van der Waals surface area (Å²) in [5.41, 5.74) is 2.63. The fourth-order valence-corrected chi connectivity index (χ4v) is 5.15. The number of likely N-dealkylation sites (N-methyl/N-ethyl adjacent to an activating group) is 1. The monoisotopic (exact) mass is 449 g/mol. The van der Waals surface area contributed by atoms with E-state index >= 15 is 0 Å². The predicted molar refractivity (Wildman–Crippen MR) is 132 cm³/mol. The normalized spacial score (nSPS) is 21.3. The van der Waals surface area contributed by atoms with E-state index in [0.717, 1.165) is 37.7 Å². The number of amides is 2. The Labute approximate surface area is 196 Å². The molecule has 1 aromatic carbocycles. The standard InChI is InChI=1S/C26H35N5O2/c1-30(21-5-4-6-21)23-15-16-31(18-23)22-12-9-19(10-13-22)28-26(32)29-20-11-14-25(27-17-20)33-24-7-2-3-8-24/h9-14,17,21,23-24H,2-8,15-16,18H2,1H3,(H2,28,29,32). The van der Waals surface area contributed by atoms with E-state index in [9.17, 15) is 4.79 Å². The molecule has 3 aliphatic rings. The number of nitrogens with one attached hydrogen (secondary N) is 2. The molecule has 1 aliphatic heterocycles. The van der Waals surface area contributed by atoms with Gasteiger partial charge in [-0.2, -0.15) is 0 Å². The lowest BCUT2D eigenvalue weighted by Crippen LogP contribution is -2.45. The van der Waals surface area contributed by atoms with Gasteiger partial charge in [0.15, 0.2) is 0 Å². The summed E-state index contributed by atoms with van der Waals surface area (Å²) in [6.07, 6.45) is 11.8. The largest absolute Gasteiger partial charge is 0.474 e. The summed E-state index contributed by atoms with van der Waals surface area (Å²) in [5.74, 6) is 0.617. The van der Waals surface area contributed by atoms with Crippen molar-refractivity contribution in [1.29, 1.82) is 0 Å². The lowest BCUT2D eigenvalue weighted by molar-refractivity contribution is 0.119. The minimum Gasteiger partial charge on any atom is -0.474 e. The quantitative estimate of drug-likeness (QED) is 0.615. The van der Waals surface area contributed by atoms with E-state index in [1.165, 1.54) is 44.2 Å². The average molecular weight is 450 g/mol. The highest BCUT2D eigenvalue weighted by Gasteiger charge is 2.32. The SMILES string of the molecule is CN(C1CCC1)C1CCN(c2ccc(NC(=O)Nc3ccc(OC4CCCC4)nc3)cc2)C1. The van der Waals surface area contributed by atoms with E-state index in [-0.39, 0.29) is 12.1 Å². The van der Waals surface area contributed by atoms with Crippen molar-refractivity contribution in [2.75, 3.05) is 35.7 Å². The third-order valence-corrected chi connectivity index (χ3v) is 7.46. The summed E-state index contributed by atoms with van der Waals surface area (Å²) in [6.45, 7) is 2.16. The topological polar surface area (TPSA) is 69.7 Å². The van der Waals surface area contributed by atoms with Crippen LogP contribution in [0, 0.1) is 0 Å². The van der Waals surface area contributed by atoms with Gasteiger partial charge in [-0.05, 0) is 82.3 Å². The van der Waals surface area contributed by atoms with Gasteiger partial charge in [-0.1, -0.05) is 6.42 Å². The summed E-state index contributed by atoms with van der Waals surface area (Å²) in [5, 5.41) is 5.74. The lowest BCUT2D eigenvalue weighted by atomic mass is 9.91. The molecule has 1 unspecified atom stereocenters. The van der Waals surface area contributed by atoms with E-state index in [0.29, 0.717) is 17.6 Å². The number of urea groups is 1. The van der Waals surface area contributed by atoms with Crippen LogP contribution >= 0.6 is 0 Å². The number of anilines is 3. The molecule has 2 heterocycles. The Bertz CT molecular complexity index is 923. The number of aromatic nitrogens is 1. The number of nitrogens with zero attached hydrogens (tertiary/aromatic N) is 3.